The minimum absolute atomic E-state index is 0.0889. The van der Waals surface area contributed by atoms with Crippen molar-refractivity contribution >= 4 is 15.9 Å². The Morgan fingerprint density at radius 1 is 1.33 bits per heavy atom. The van der Waals surface area contributed by atoms with Crippen LogP contribution in [0.2, 0.25) is 0 Å². The van der Waals surface area contributed by atoms with E-state index in [1.807, 2.05) is 11.6 Å². The average molecular weight is 358 g/mol. The van der Waals surface area contributed by atoms with E-state index in [0.717, 1.165) is 35.2 Å². The van der Waals surface area contributed by atoms with Crippen molar-refractivity contribution in [3.63, 3.8) is 0 Å². The fourth-order valence-electron chi connectivity index (χ4n) is 3.68. The predicted octanol–water partition coefficient (Wildman–Crippen LogP) is 3.14. The number of rotatable bonds is 5. The Balaban J connectivity index is 2.25. The maximum Gasteiger partial charge on any atom is 0.0779 e. The summed E-state index contributed by atoms with van der Waals surface area (Å²) in [5.74, 6) is 0. The van der Waals surface area contributed by atoms with E-state index >= 15 is 0 Å². The first kappa shape index (κ1) is 17.0. The number of likely N-dealkylation sites (N-methyl/N-ethyl adjacent to an activating group) is 1. The number of nitrogens with zero attached hydrogens (tertiary/aromatic N) is 3. The normalized spacial score (nSPS) is 20.0. The van der Waals surface area contributed by atoms with E-state index in [-0.39, 0.29) is 11.6 Å². The lowest BCUT2D eigenvalue weighted by atomic mass is 9.75. The minimum Gasteiger partial charge on any atom is -0.391 e. The van der Waals surface area contributed by atoms with Crippen molar-refractivity contribution in [1.82, 2.24) is 14.7 Å². The molecule has 0 aromatic carbocycles. The Labute approximate surface area is 136 Å². The highest BCUT2D eigenvalue weighted by atomic mass is 79.9. The average Bonchev–Trinajstić information content (AvgIpc) is 2.75. The van der Waals surface area contributed by atoms with Gasteiger partial charge in [0.1, 0.15) is 0 Å². The highest BCUT2D eigenvalue weighted by Crippen LogP contribution is 2.37. The number of aryl methyl sites for hydroxylation is 2. The molecule has 0 bridgehead atoms. The van der Waals surface area contributed by atoms with E-state index < -0.39 is 0 Å². The van der Waals surface area contributed by atoms with Crippen LogP contribution in [0.5, 0.6) is 0 Å². The zero-order valence-corrected chi connectivity index (χ0v) is 15.3. The summed E-state index contributed by atoms with van der Waals surface area (Å²) in [5, 5.41) is 15.5. The predicted molar refractivity (Wildman–Crippen MR) is 89.6 cm³/mol. The van der Waals surface area contributed by atoms with E-state index in [9.17, 15) is 5.11 Å². The number of halogens is 1. The molecule has 1 fully saturated rings. The standard InChI is InChI=1S/C16H28BrN3O/c1-5-20-13(15(17)12(2)18-20)11-14(21)16(19(3)4)9-7-6-8-10-16/h14,21H,5-11H2,1-4H3. The van der Waals surface area contributed by atoms with Crippen molar-refractivity contribution in [2.24, 2.45) is 0 Å². The quantitative estimate of drug-likeness (QED) is 0.879. The molecule has 5 heteroatoms. The Bertz CT molecular complexity index is 478. The summed E-state index contributed by atoms with van der Waals surface area (Å²) in [4.78, 5) is 2.24. The van der Waals surface area contributed by atoms with Crippen LogP contribution in [-0.2, 0) is 13.0 Å². The monoisotopic (exact) mass is 357 g/mol. The molecule has 1 aromatic rings. The van der Waals surface area contributed by atoms with Gasteiger partial charge in [0.05, 0.1) is 22.0 Å². The second kappa shape index (κ2) is 6.80. The van der Waals surface area contributed by atoms with Gasteiger partial charge >= 0.3 is 0 Å². The Kier molecular flexibility index (Phi) is 5.49. The Hall–Kier alpha value is -0.390. The first-order valence-corrected chi connectivity index (χ1v) is 8.79. The molecule has 1 unspecified atom stereocenters. The van der Waals surface area contributed by atoms with E-state index in [0.29, 0.717) is 6.42 Å². The smallest absolute Gasteiger partial charge is 0.0779 e. The topological polar surface area (TPSA) is 41.3 Å². The number of aromatic nitrogens is 2. The summed E-state index contributed by atoms with van der Waals surface area (Å²) in [6, 6.07) is 0. The van der Waals surface area contributed by atoms with Crippen molar-refractivity contribution in [2.45, 2.75) is 70.6 Å². The van der Waals surface area contributed by atoms with Gasteiger partial charge in [0.25, 0.3) is 0 Å². The molecule has 1 N–H and O–H groups in total. The van der Waals surface area contributed by atoms with Gasteiger partial charge in [-0.05, 0) is 56.7 Å². The molecule has 2 rings (SSSR count). The first-order chi connectivity index (χ1) is 9.92. The lowest BCUT2D eigenvalue weighted by Gasteiger charge is -2.46. The van der Waals surface area contributed by atoms with Crippen LogP contribution >= 0.6 is 15.9 Å². The molecule has 120 valence electrons. The fraction of sp³-hybridized carbons (Fsp3) is 0.812. The first-order valence-electron chi connectivity index (χ1n) is 7.99. The third kappa shape index (κ3) is 3.20. The van der Waals surface area contributed by atoms with Gasteiger partial charge in [-0.3, -0.25) is 4.68 Å². The van der Waals surface area contributed by atoms with Crippen LogP contribution in [0.4, 0.5) is 0 Å². The minimum atomic E-state index is -0.356. The Morgan fingerprint density at radius 3 is 2.48 bits per heavy atom. The Morgan fingerprint density at radius 2 is 1.95 bits per heavy atom. The zero-order chi connectivity index (χ0) is 15.6. The maximum atomic E-state index is 11.0. The van der Waals surface area contributed by atoms with Crippen molar-refractivity contribution in [3.8, 4) is 0 Å². The molecule has 1 atom stereocenters. The molecule has 4 nitrogen and oxygen atoms in total. The molecule has 1 aliphatic carbocycles. The summed E-state index contributed by atoms with van der Waals surface area (Å²) < 4.78 is 3.06. The van der Waals surface area contributed by atoms with Crippen LogP contribution in [0.15, 0.2) is 4.47 Å². The molecule has 0 aliphatic heterocycles. The molecule has 0 saturated heterocycles. The molecule has 1 heterocycles. The van der Waals surface area contributed by atoms with E-state index in [2.05, 4.69) is 46.9 Å². The summed E-state index contributed by atoms with van der Waals surface area (Å²) >= 11 is 3.64. The highest BCUT2D eigenvalue weighted by molar-refractivity contribution is 9.10. The van der Waals surface area contributed by atoms with Crippen molar-refractivity contribution in [3.05, 3.63) is 15.9 Å². The van der Waals surface area contributed by atoms with Crippen LogP contribution in [0.1, 0.15) is 50.4 Å². The molecule has 0 spiro atoms. The number of hydrogen-bond acceptors (Lipinski definition) is 3. The number of hydrogen-bond donors (Lipinski definition) is 1. The van der Waals surface area contributed by atoms with Gasteiger partial charge < -0.3 is 10.0 Å². The molecule has 1 aromatic heterocycles. The summed E-state index contributed by atoms with van der Waals surface area (Å²) in [6.45, 7) is 4.94. The lowest BCUT2D eigenvalue weighted by Crippen LogP contribution is -2.55. The summed E-state index contributed by atoms with van der Waals surface area (Å²) in [6.07, 6.45) is 6.18. The van der Waals surface area contributed by atoms with Crippen LogP contribution in [0.25, 0.3) is 0 Å². The van der Waals surface area contributed by atoms with Crippen LogP contribution in [-0.4, -0.2) is 45.5 Å². The molecule has 21 heavy (non-hydrogen) atoms. The molecule has 1 saturated carbocycles. The van der Waals surface area contributed by atoms with Gasteiger partial charge in [0.2, 0.25) is 0 Å². The molecule has 0 radical (unpaired) electrons. The molecular formula is C16H28BrN3O. The van der Waals surface area contributed by atoms with Gasteiger partial charge in [0, 0.05) is 18.5 Å². The van der Waals surface area contributed by atoms with E-state index in [1.165, 1.54) is 19.3 Å². The number of aliphatic hydroxyl groups excluding tert-OH is 1. The van der Waals surface area contributed by atoms with Crippen LogP contribution < -0.4 is 0 Å². The van der Waals surface area contributed by atoms with Crippen molar-refractivity contribution < 1.29 is 5.11 Å². The zero-order valence-electron chi connectivity index (χ0n) is 13.7. The summed E-state index contributed by atoms with van der Waals surface area (Å²) in [5.41, 5.74) is 2.03. The SMILES string of the molecule is CCn1nc(C)c(Br)c1CC(O)C1(N(C)C)CCCCC1. The molecule has 1 aliphatic rings. The van der Waals surface area contributed by atoms with Crippen molar-refractivity contribution in [1.29, 1.82) is 0 Å². The van der Waals surface area contributed by atoms with E-state index in [4.69, 9.17) is 0 Å². The summed E-state index contributed by atoms with van der Waals surface area (Å²) in [7, 11) is 4.21. The number of aliphatic hydroxyl groups is 1. The van der Waals surface area contributed by atoms with Gasteiger partial charge in [-0.15, -0.1) is 0 Å². The lowest BCUT2D eigenvalue weighted by molar-refractivity contribution is -0.0319. The molecule has 0 amide bonds. The fourth-order valence-corrected chi connectivity index (χ4v) is 4.13. The maximum absolute atomic E-state index is 11.0. The third-order valence-electron chi connectivity index (χ3n) is 5.07. The van der Waals surface area contributed by atoms with Crippen LogP contribution in [0.3, 0.4) is 0 Å². The second-order valence-corrected chi connectivity index (χ2v) is 7.23. The van der Waals surface area contributed by atoms with Gasteiger partial charge in [-0.2, -0.15) is 5.10 Å². The van der Waals surface area contributed by atoms with E-state index in [1.54, 1.807) is 0 Å². The van der Waals surface area contributed by atoms with Gasteiger partial charge in [0.15, 0.2) is 0 Å². The van der Waals surface area contributed by atoms with Crippen molar-refractivity contribution in [2.75, 3.05) is 14.1 Å². The van der Waals surface area contributed by atoms with Crippen LogP contribution in [0, 0.1) is 6.92 Å². The molecular weight excluding hydrogens is 330 g/mol. The van der Waals surface area contributed by atoms with Gasteiger partial charge in [-0.25, -0.2) is 0 Å². The second-order valence-electron chi connectivity index (χ2n) is 6.44. The third-order valence-corrected chi connectivity index (χ3v) is 6.10. The highest BCUT2D eigenvalue weighted by Gasteiger charge is 2.41. The largest absolute Gasteiger partial charge is 0.391 e. The van der Waals surface area contributed by atoms with Gasteiger partial charge in [-0.1, -0.05) is 19.3 Å².